The Bertz CT molecular complexity index is 988. The van der Waals surface area contributed by atoms with Crippen molar-refractivity contribution in [3.05, 3.63) is 59.1 Å². The summed E-state index contributed by atoms with van der Waals surface area (Å²) < 4.78 is 22.7. The molecule has 5 nitrogen and oxygen atoms in total. The molecule has 0 atom stereocenters. The topological polar surface area (TPSA) is 54.0 Å². The molecule has 0 aliphatic carbocycles. The molecule has 0 saturated heterocycles. The van der Waals surface area contributed by atoms with Crippen LogP contribution in [-0.4, -0.2) is 25.8 Å². The maximum Gasteiger partial charge on any atom is 0.343 e. The molecule has 0 amide bonds. The first-order chi connectivity index (χ1) is 14.1. The molecule has 152 valence electrons. The Balaban J connectivity index is 2.00. The van der Waals surface area contributed by atoms with Gasteiger partial charge in [-0.15, -0.1) is 0 Å². The Hall–Kier alpha value is -2.92. The van der Waals surface area contributed by atoms with Crippen molar-refractivity contribution in [3.8, 4) is 23.0 Å². The van der Waals surface area contributed by atoms with Crippen molar-refractivity contribution in [1.82, 2.24) is 0 Å². The number of esters is 1. The van der Waals surface area contributed by atoms with Gasteiger partial charge in [-0.3, -0.25) is 0 Å². The fraction of sp³-hybridized carbons (Fsp3) is 0.261. The lowest BCUT2D eigenvalue weighted by atomic mass is 10.1. The number of benzene rings is 3. The Labute approximate surface area is 175 Å². The number of hydrogen-bond acceptors (Lipinski definition) is 5. The number of ether oxygens (including phenoxy) is 4. The molecular formula is C23H23ClO5. The molecule has 0 aliphatic heterocycles. The minimum absolute atomic E-state index is 0.305. The highest BCUT2D eigenvalue weighted by Crippen LogP contribution is 2.40. The van der Waals surface area contributed by atoms with E-state index < -0.39 is 5.97 Å². The number of carbonyl (C=O) groups is 1. The van der Waals surface area contributed by atoms with Crippen LogP contribution in [0.2, 0.25) is 5.02 Å². The van der Waals surface area contributed by atoms with E-state index in [1.165, 1.54) is 0 Å². The maximum absolute atomic E-state index is 12.9. The second-order valence-corrected chi connectivity index (χ2v) is 6.49. The SMILES string of the molecule is CCOc1cc(C(=O)Oc2ccc(Cl)c3ccccc23)cc(OCC)c1OCC. The highest BCUT2D eigenvalue weighted by molar-refractivity contribution is 6.35. The normalized spacial score (nSPS) is 10.6. The number of fused-ring (bicyclic) bond motifs is 1. The van der Waals surface area contributed by atoms with Gasteiger partial charge in [0.05, 0.1) is 25.4 Å². The summed E-state index contributed by atoms with van der Waals surface area (Å²) in [5.74, 6) is 1.26. The van der Waals surface area contributed by atoms with Crippen molar-refractivity contribution in [1.29, 1.82) is 0 Å². The predicted octanol–water partition coefficient (Wildman–Crippen LogP) is 5.91. The second-order valence-electron chi connectivity index (χ2n) is 6.08. The van der Waals surface area contributed by atoms with Crippen LogP contribution in [0, 0.1) is 0 Å². The third-order valence-corrected chi connectivity index (χ3v) is 4.51. The fourth-order valence-electron chi connectivity index (χ4n) is 2.99. The van der Waals surface area contributed by atoms with Gasteiger partial charge in [0.1, 0.15) is 5.75 Å². The van der Waals surface area contributed by atoms with Gasteiger partial charge in [0.2, 0.25) is 5.75 Å². The van der Waals surface area contributed by atoms with Crippen LogP contribution in [0.5, 0.6) is 23.0 Å². The molecule has 3 aromatic carbocycles. The van der Waals surface area contributed by atoms with Crippen LogP contribution in [0.15, 0.2) is 48.5 Å². The lowest BCUT2D eigenvalue weighted by Gasteiger charge is -2.17. The third kappa shape index (κ3) is 4.57. The average molecular weight is 415 g/mol. The van der Waals surface area contributed by atoms with E-state index in [-0.39, 0.29) is 0 Å². The van der Waals surface area contributed by atoms with Crippen LogP contribution in [0.1, 0.15) is 31.1 Å². The van der Waals surface area contributed by atoms with E-state index in [2.05, 4.69) is 0 Å². The number of halogens is 1. The van der Waals surface area contributed by atoms with Gasteiger partial charge in [-0.2, -0.15) is 0 Å². The first kappa shape index (κ1) is 20.8. The van der Waals surface area contributed by atoms with Crippen LogP contribution in [0.4, 0.5) is 0 Å². The molecule has 0 fully saturated rings. The molecule has 0 saturated carbocycles. The van der Waals surface area contributed by atoms with Gasteiger partial charge in [0, 0.05) is 15.8 Å². The Morgan fingerprint density at radius 3 is 1.97 bits per heavy atom. The van der Waals surface area contributed by atoms with Crippen LogP contribution < -0.4 is 18.9 Å². The van der Waals surface area contributed by atoms with Gasteiger partial charge in [0.25, 0.3) is 0 Å². The molecule has 0 heterocycles. The summed E-state index contributed by atoms with van der Waals surface area (Å²) in [4.78, 5) is 12.9. The van der Waals surface area contributed by atoms with Crippen molar-refractivity contribution >= 4 is 28.3 Å². The number of rotatable bonds is 8. The highest BCUT2D eigenvalue weighted by Gasteiger charge is 2.20. The largest absolute Gasteiger partial charge is 0.490 e. The van der Waals surface area contributed by atoms with Crippen molar-refractivity contribution in [2.45, 2.75) is 20.8 Å². The average Bonchev–Trinajstić information content (AvgIpc) is 2.72. The molecular weight excluding hydrogens is 392 g/mol. The molecule has 0 spiro atoms. The van der Waals surface area contributed by atoms with Gasteiger partial charge in [-0.05, 0) is 45.0 Å². The summed E-state index contributed by atoms with van der Waals surface area (Å²) in [6.07, 6.45) is 0. The Morgan fingerprint density at radius 1 is 0.793 bits per heavy atom. The second kappa shape index (κ2) is 9.52. The quantitative estimate of drug-likeness (QED) is 0.339. The number of carbonyl (C=O) groups excluding carboxylic acids is 1. The van der Waals surface area contributed by atoms with E-state index in [0.717, 1.165) is 10.8 Å². The monoisotopic (exact) mass is 414 g/mol. The summed E-state index contributed by atoms with van der Waals surface area (Å²) in [6.45, 7) is 6.89. The summed E-state index contributed by atoms with van der Waals surface area (Å²) in [5.41, 5.74) is 0.305. The summed E-state index contributed by atoms with van der Waals surface area (Å²) in [7, 11) is 0. The molecule has 6 heteroatoms. The standard InChI is InChI=1S/C23H23ClO5/c1-4-26-20-13-15(14-21(27-5-2)22(20)28-6-3)23(25)29-19-12-11-18(24)16-9-7-8-10-17(16)19/h7-14H,4-6H2,1-3H3. The molecule has 0 unspecified atom stereocenters. The molecule has 0 N–H and O–H groups in total. The molecule has 0 radical (unpaired) electrons. The lowest BCUT2D eigenvalue weighted by Crippen LogP contribution is -2.11. The van der Waals surface area contributed by atoms with E-state index in [1.54, 1.807) is 24.3 Å². The van der Waals surface area contributed by atoms with Crippen LogP contribution in [-0.2, 0) is 0 Å². The highest BCUT2D eigenvalue weighted by atomic mass is 35.5. The van der Waals surface area contributed by atoms with Crippen molar-refractivity contribution in [3.63, 3.8) is 0 Å². The smallest absolute Gasteiger partial charge is 0.343 e. The summed E-state index contributed by atoms with van der Waals surface area (Å²) in [5, 5.41) is 2.17. The van der Waals surface area contributed by atoms with Crippen LogP contribution >= 0.6 is 11.6 Å². The molecule has 3 rings (SSSR count). The van der Waals surface area contributed by atoms with E-state index in [9.17, 15) is 4.79 Å². The third-order valence-electron chi connectivity index (χ3n) is 4.18. The summed E-state index contributed by atoms with van der Waals surface area (Å²) in [6, 6.07) is 14.1. The van der Waals surface area contributed by atoms with Crippen molar-refractivity contribution in [2.75, 3.05) is 19.8 Å². The Morgan fingerprint density at radius 2 is 1.38 bits per heavy atom. The van der Waals surface area contributed by atoms with Crippen LogP contribution in [0.3, 0.4) is 0 Å². The van der Waals surface area contributed by atoms with Crippen molar-refractivity contribution in [2.24, 2.45) is 0 Å². The zero-order valence-corrected chi connectivity index (χ0v) is 17.4. The fourth-order valence-corrected chi connectivity index (χ4v) is 3.22. The minimum atomic E-state index is -0.526. The lowest BCUT2D eigenvalue weighted by molar-refractivity contribution is 0.0736. The molecule has 0 aliphatic rings. The van der Waals surface area contributed by atoms with Gasteiger partial charge in [0.15, 0.2) is 11.5 Å². The minimum Gasteiger partial charge on any atom is -0.490 e. The first-order valence-corrected chi connectivity index (χ1v) is 9.92. The van der Waals surface area contributed by atoms with Gasteiger partial charge >= 0.3 is 5.97 Å². The van der Waals surface area contributed by atoms with Gasteiger partial charge < -0.3 is 18.9 Å². The maximum atomic E-state index is 12.9. The number of hydrogen-bond donors (Lipinski definition) is 0. The van der Waals surface area contributed by atoms with Crippen molar-refractivity contribution < 1.29 is 23.7 Å². The zero-order chi connectivity index (χ0) is 20.8. The molecule has 3 aromatic rings. The Kier molecular flexibility index (Phi) is 6.83. The first-order valence-electron chi connectivity index (χ1n) is 9.54. The molecule has 0 bridgehead atoms. The van der Waals surface area contributed by atoms with Gasteiger partial charge in [-0.25, -0.2) is 4.79 Å². The molecule has 29 heavy (non-hydrogen) atoms. The van der Waals surface area contributed by atoms with Crippen LogP contribution in [0.25, 0.3) is 10.8 Å². The van der Waals surface area contributed by atoms with E-state index >= 15 is 0 Å². The van der Waals surface area contributed by atoms with Gasteiger partial charge in [-0.1, -0.05) is 35.9 Å². The predicted molar refractivity (Wildman–Crippen MR) is 114 cm³/mol. The zero-order valence-electron chi connectivity index (χ0n) is 16.7. The van der Waals surface area contributed by atoms with E-state index in [1.807, 2.05) is 45.0 Å². The van der Waals surface area contributed by atoms with E-state index in [4.69, 9.17) is 30.5 Å². The van der Waals surface area contributed by atoms with E-state index in [0.29, 0.717) is 53.4 Å². The summed E-state index contributed by atoms with van der Waals surface area (Å²) >= 11 is 6.25. The molecule has 0 aromatic heterocycles.